The van der Waals surface area contributed by atoms with Crippen molar-refractivity contribution in [3.05, 3.63) is 0 Å². The van der Waals surface area contributed by atoms with E-state index in [0.29, 0.717) is 31.1 Å². The minimum Gasteiger partial charge on any atom is -0.381 e. The molecule has 0 amide bonds. The molecular formula is C10H16O3. The lowest BCUT2D eigenvalue weighted by molar-refractivity contribution is -0.134. The second kappa shape index (κ2) is 4.20. The molecule has 0 bridgehead atoms. The molecule has 3 heteroatoms. The number of rotatable bonds is 1. The van der Waals surface area contributed by atoms with Crippen LogP contribution >= 0.6 is 0 Å². The summed E-state index contributed by atoms with van der Waals surface area (Å²) in [7, 11) is 0. The van der Waals surface area contributed by atoms with Gasteiger partial charge < -0.3 is 9.47 Å². The number of carbonyl (C=O) groups is 1. The third-order valence-corrected chi connectivity index (χ3v) is 2.86. The zero-order valence-electron chi connectivity index (χ0n) is 7.83. The van der Waals surface area contributed by atoms with Crippen molar-refractivity contribution < 1.29 is 14.3 Å². The average molecular weight is 184 g/mol. The summed E-state index contributed by atoms with van der Waals surface area (Å²) in [5, 5.41) is 0. The second-order valence-electron chi connectivity index (χ2n) is 3.88. The highest BCUT2D eigenvalue weighted by atomic mass is 16.5. The molecule has 0 aromatic carbocycles. The summed E-state index contributed by atoms with van der Waals surface area (Å²) < 4.78 is 11.0. The van der Waals surface area contributed by atoms with Crippen molar-refractivity contribution in [2.75, 3.05) is 19.8 Å². The summed E-state index contributed by atoms with van der Waals surface area (Å²) in [6, 6.07) is 0. The van der Waals surface area contributed by atoms with Gasteiger partial charge in [-0.05, 0) is 12.8 Å². The normalized spacial score (nSPS) is 36.2. The van der Waals surface area contributed by atoms with E-state index < -0.39 is 0 Å². The minimum absolute atomic E-state index is 0.140. The zero-order valence-corrected chi connectivity index (χ0v) is 7.83. The zero-order chi connectivity index (χ0) is 9.10. The van der Waals surface area contributed by atoms with Crippen LogP contribution in [0.4, 0.5) is 0 Å². The van der Waals surface area contributed by atoms with Crippen molar-refractivity contribution in [3.8, 4) is 0 Å². The second-order valence-corrected chi connectivity index (χ2v) is 3.88. The molecule has 2 aliphatic heterocycles. The van der Waals surface area contributed by atoms with Crippen molar-refractivity contribution in [2.45, 2.75) is 31.8 Å². The van der Waals surface area contributed by atoms with E-state index >= 15 is 0 Å². The van der Waals surface area contributed by atoms with Gasteiger partial charge in [-0.2, -0.15) is 0 Å². The highest BCUT2D eigenvalue weighted by Gasteiger charge is 2.29. The molecule has 0 spiro atoms. The molecule has 2 heterocycles. The van der Waals surface area contributed by atoms with Crippen LogP contribution in [0.1, 0.15) is 25.7 Å². The molecule has 74 valence electrons. The fraction of sp³-hybridized carbons (Fsp3) is 0.900. The topological polar surface area (TPSA) is 35.5 Å². The van der Waals surface area contributed by atoms with Gasteiger partial charge in [0.05, 0.1) is 19.3 Å². The molecule has 13 heavy (non-hydrogen) atoms. The molecule has 0 aromatic heterocycles. The minimum atomic E-state index is 0.140. The van der Waals surface area contributed by atoms with Crippen LogP contribution in [0.2, 0.25) is 0 Å². The van der Waals surface area contributed by atoms with Crippen molar-refractivity contribution in [1.82, 2.24) is 0 Å². The average Bonchev–Trinajstić information content (AvgIpc) is 2.19. The van der Waals surface area contributed by atoms with E-state index in [1.807, 2.05) is 0 Å². The summed E-state index contributed by atoms with van der Waals surface area (Å²) in [5.41, 5.74) is 0. The Kier molecular flexibility index (Phi) is 2.96. The molecule has 0 N–H and O–H groups in total. The third kappa shape index (κ3) is 2.29. The number of hydrogen-bond acceptors (Lipinski definition) is 3. The Morgan fingerprint density at radius 3 is 2.92 bits per heavy atom. The van der Waals surface area contributed by atoms with Crippen LogP contribution in [0.15, 0.2) is 0 Å². The smallest absolute Gasteiger partial charge is 0.137 e. The number of hydrogen-bond donors (Lipinski definition) is 0. The Labute approximate surface area is 78.4 Å². The van der Waals surface area contributed by atoms with Gasteiger partial charge in [0.15, 0.2) is 0 Å². The lowest BCUT2D eigenvalue weighted by Gasteiger charge is -2.32. The van der Waals surface area contributed by atoms with Gasteiger partial charge in [-0.3, -0.25) is 4.79 Å². The van der Waals surface area contributed by atoms with Crippen molar-refractivity contribution >= 4 is 5.78 Å². The van der Waals surface area contributed by atoms with Gasteiger partial charge in [-0.25, -0.2) is 0 Å². The van der Waals surface area contributed by atoms with Crippen molar-refractivity contribution in [3.63, 3.8) is 0 Å². The van der Waals surface area contributed by atoms with E-state index in [2.05, 4.69) is 0 Å². The Morgan fingerprint density at radius 2 is 2.23 bits per heavy atom. The molecule has 0 aromatic rings. The van der Waals surface area contributed by atoms with Gasteiger partial charge in [0.1, 0.15) is 5.78 Å². The van der Waals surface area contributed by atoms with Gasteiger partial charge in [-0.1, -0.05) is 0 Å². The molecule has 2 aliphatic rings. The van der Waals surface area contributed by atoms with Gasteiger partial charge >= 0.3 is 0 Å². The van der Waals surface area contributed by atoms with E-state index in [1.165, 1.54) is 0 Å². The monoisotopic (exact) mass is 184 g/mol. The Bertz CT molecular complexity index is 185. The van der Waals surface area contributed by atoms with Crippen LogP contribution in [-0.2, 0) is 14.3 Å². The van der Waals surface area contributed by atoms with Crippen LogP contribution in [0, 0.1) is 5.92 Å². The van der Waals surface area contributed by atoms with Gasteiger partial charge in [-0.15, -0.1) is 0 Å². The van der Waals surface area contributed by atoms with Crippen LogP contribution in [0.5, 0.6) is 0 Å². The first-order chi connectivity index (χ1) is 6.36. The van der Waals surface area contributed by atoms with Crippen LogP contribution in [0.3, 0.4) is 0 Å². The molecule has 0 saturated carbocycles. The Morgan fingerprint density at radius 1 is 1.31 bits per heavy atom. The molecule has 2 atom stereocenters. The first kappa shape index (κ1) is 9.16. The highest BCUT2D eigenvalue weighted by Crippen LogP contribution is 2.24. The predicted octanol–water partition coefficient (Wildman–Crippen LogP) is 1.16. The lowest BCUT2D eigenvalue weighted by Crippen LogP contribution is -2.36. The van der Waals surface area contributed by atoms with Crippen molar-refractivity contribution in [2.24, 2.45) is 5.92 Å². The summed E-state index contributed by atoms with van der Waals surface area (Å²) in [6.45, 7) is 2.26. The number of ether oxygens (including phenoxy) is 2. The van der Waals surface area contributed by atoms with Gasteiger partial charge in [0.2, 0.25) is 0 Å². The summed E-state index contributed by atoms with van der Waals surface area (Å²) >= 11 is 0. The molecule has 0 radical (unpaired) electrons. The molecular weight excluding hydrogens is 168 g/mol. The van der Waals surface area contributed by atoms with E-state index in [4.69, 9.17) is 9.47 Å². The standard InChI is InChI=1S/C10H16O3/c11-9-3-5-13-10(6-9)8-2-1-4-12-7-8/h8,10H,1-7H2. The molecule has 2 unspecified atom stereocenters. The SMILES string of the molecule is O=C1CCOC(C2CCCOC2)C1. The maximum atomic E-state index is 11.2. The number of Topliss-reactive ketones (excluding diaryl/α,β-unsaturated/α-hetero) is 1. The van der Waals surface area contributed by atoms with E-state index in [9.17, 15) is 4.79 Å². The third-order valence-electron chi connectivity index (χ3n) is 2.86. The van der Waals surface area contributed by atoms with Gasteiger partial charge in [0.25, 0.3) is 0 Å². The fourth-order valence-electron chi connectivity index (χ4n) is 2.07. The largest absolute Gasteiger partial charge is 0.381 e. The first-order valence-corrected chi connectivity index (χ1v) is 5.07. The van der Waals surface area contributed by atoms with E-state index in [0.717, 1.165) is 26.1 Å². The van der Waals surface area contributed by atoms with E-state index in [-0.39, 0.29) is 6.10 Å². The Hall–Kier alpha value is -0.410. The van der Waals surface area contributed by atoms with Crippen LogP contribution < -0.4 is 0 Å². The Balaban J connectivity index is 1.87. The molecule has 0 aliphatic carbocycles. The first-order valence-electron chi connectivity index (χ1n) is 5.07. The predicted molar refractivity (Wildman–Crippen MR) is 47.5 cm³/mol. The summed E-state index contributed by atoms with van der Waals surface area (Å²) in [6.07, 6.45) is 3.61. The van der Waals surface area contributed by atoms with Gasteiger partial charge in [0, 0.05) is 25.4 Å². The summed E-state index contributed by atoms with van der Waals surface area (Å²) in [4.78, 5) is 11.2. The van der Waals surface area contributed by atoms with Crippen LogP contribution in [0.25, 0.3) is 0 Å². The van der Waals surface area contributed by atoms with Crippen molar-refractivity contribution in [1.29, 1.82) is 0 Å². The summed E-state index contributed by atoms with van der Waals surface area (Å²) in [5.74, 6) is 0.805. The molecule has 2 fully saturated rings. The maximum Gasteiger partial charge on any atom is 0.137 e. The number of ketones is 1. The maximum absolute atomic E-state index is 11.2. The quantitative estimate of drug-likeness (QED) is 0.613. The lowest BCUT2D eigenvalue weighted by atomic mass is 9.91. The fourth-order valence-corrected chi connectivity index (χ4v) is 2.07. The molecule has 2 saturated heterocycles. The highest BCUT2D eigenvalue weighted by molar-refractivity contribution is 5.79. The molecule has 2 rings (SSSR count). The van der Waals surface area contributed by atoms with E-state index in [1.54, 1.807) is 0 Å². The molecule has 3 nitrogen and oxygen atoms in total. The van der Waals surface area contributed by atoms with Crippen LogP contribution in [-0.4, -0.2) is 31.7 Å². The number of carbonyl (C=O) groups excluding carboxylic acids is 1.